The van der Waals surface area contributed by atoms with Crippen molar-refractivity contribution >= 4 is 0 Å². The minimum Gasteiger partial charge on any atom is -0.486 e. The van der Waals surface area contributed by atoms with Gasteiger partial charge in [0.15, 0.2) is 0 Å². The molecule has 0 N–H and O–H groups in total. The molecule has 1 aromatic rings. The first-order valence-electron chi connectivity index (χ1n) is 6.48. The van der Waals surface area contributed by atoms with Crippen molar-refractivity contribution in [3.63, 3.8) is 0 Å². The molecule has 88 valence electrons. The Morgan fingerprint density at radius 2 is 2.24 bits per heavy atom. The van der Waals surface area contributed by atoms with Crippen LogP contribution in [0.25, 0.3) is 0 Å². The van der Waals surface area contributed by atoms with E-state index in [4.69, 9.17) is 10.00 Å². The van der Waals surface area contributed by atoms with Crippen molar-refractivity contribution in [3.05, 3.63) is 29.8 Å². The summed E-state index contributed by atoms with van der Waals surface area (Å²) in [7, 11) is 0. The van der Waals surface area contributed by atoms with Gasteiger partial charge in [-0.25, -0.2) is 0 Å². The molecule has 1 heterocycles. The number of nitrogens with zero attached hydrogens (tertiary/aromatic N) is 1. The molecule has 0 bridgehead atoms. The van der Waals surface area contributed by atoms with Crippen molar-refractivity contribution in [2.24, 2.45) is 5.92 Å². The zero-order chi connectivity index (χ0) is 11.7. The molecule has 0 saturated heterocycles. The highest BCUT2D eigenvalue weighted by molar-refractivity contribution is 5.39. The maximum atomic E-state index is 8.97. The van der Waals surface area contributed by atoms with Crippen LogP contribution in [0.4, 0.5) is 0 Å². The smallest absolute Gasteiger partial charge is 0.123 e. The Labute approximate surface area is 102 Å². The molecule has 0 amide bonds. The molecule has 2 heteroatoms. The maximum absolute atomic E-state index is 8.97. The van der Waals surface area contributed by atoms with Crippen LogP contribution in [-0.2, 0) is 6.42 Å². The van der Waals surface area contributed by atoms with Gasteiger partial charge in [-0.1, -0.05) is 24.6 Å². The minimum atomic E-state index is -0.0718. The Bertz CT molecular complexity index is 435. The summed E-state index contributed by atoms with van der Waals surface area (Å²) in [6.07, 6.45) is 6.35. The average Bonchev–Trinajstić information content (AvgIpc) is 2.71. The lowest BCUT2D eigenvalue weighted by molar-refractivity contribution is -0.00301. The highest BCUT2D eigenvalue weighted by Crippen LogP contribution is 2.47. The third-order valence-corrected chi connectivity index (χ3v) is 4.26. The van der Waals surface area contributed by atoms with Gasteiger partial charge in [0.2, 0.25) is 0 Å². The number of ether oxygens (including phenoxy) is 1. The zero-order valence-electron chi connectivity index (χ0n) is 9.98. The molecule has 17 heavy (non-hydrogen) atoms. The van der Waals surface area contributed by atoms with Gasteiger partial charge in [0.05, 0.1) is 6.07 Å². The Hall–Kier alpha value is -1.49. The van der Waals surface area contributed by atoms with E-state index in [1.54, 1.807) is 0 Å². The lowest BCUT2D eigenvalue weighted by atomic mass is 9.72. The molecule has 1 spiro atoms. The third kappa shape index (κ3) is 1.70. The minimum absolute atomic E-state index is 0.0718. The van der Waals surface area contributed by atoms with Gasteiger partial charge in [-0.3, -0.25) is 0 Å². The SMILES string of the molecule is N#CCC1CCCC[C@@]12Cc1ccccc1O2. The first-order chi connectivity index (χ1) is 8.34. The standard InChI is InChI=1S/C15H17NO/c16-10-8-13-6-3-4-9-15(13)11-12-5-1-2-7-14(12)17-15/h1-2,5,7,13H,3-4,6,8-9,11H2/t13?,15-/m1/s1. The van der Waals surface area contributed by atoms with E-state index in [9.17, 15) is 0 Å². The number of hydrogen-bond acceptors (Lipinski definition) is 2. The average molecular weight is 227 g/mol. The quantitative estimate of drug-likeness (QED) is 0.736. The molecule has 1 unspecified atom stereocenters. The first-order valence-corrected chi connectivity index (χ1v) is 6.48. The lowest BCUT2D eigenvalue weighted by Gasteiger charge is -2.39. The largest absolute Gasteiger partial charge is 0.486 e. The molecule has 2 aliphatic rings. The van der Waals surface area contributed by atoms with Crippen LogP contribution in [0.3, 0.4) is 0 Å². The van der Waals surface area contributed by atoms with Crippen LogP contribution < -0.4 is 4.74 Å². The van der Waals surface area contributed by atoms with E-state index in [-0.39, 0.29) is 5.60 Å². The van der Waals surface area contributed by atoms with Crippen LogP contribution in [0, 0.1) is 17.2 Å². The van der Waals surface area contributed by atoms with Gasteiger partial charge in [0.1, 0.15) is 11.4 Å². The predicted octanol–water partition coefficient (Wildman–Crippen LogP) is 3.46. The second-order valence-corrected chi connectivity index (χ2v) is 5.26. The van der Waals surface area contributed by atoms with Gasteiger partial charge >= 0.3 is 0 Å². The molecule has 1 saturated carbocycles. The van der Waals surface area contributed by atoms with Crippen LogP contribution in [0.5, 0.6) is 5.75 Å². The van der Waals surface area contributed by atoms with Gasteiger partial charge < -0.3 is 4.74 Å². The molecule has 1 aromatic carbocycles. The predicted molar refractivity (Wildman–Crippen MR) is 65.7 cm³/mol. The van der Waals surface area contributed by atoms with Crippen LogP contribution in [0.2, 0.25) is 0 Å². The van der Waals surface area contributed by atoms with Crippen LogP contribution in [0.1, 0.15) is 37.7 Å². The fourth-order valence-electron chi connectivity index (χ4n) is 3.37. The van der Waals surface area contributed by atoms with Crippen molar-refractivity contribution < 1.29 is 4.74 Å². The molecule has 0 aromatic heterocycles. The summed E-state index contributed by atoms with van der Waals surface area (Å²) in [6, 6.07) is 10.6. The summed E-state index contributed by atoms with van der Waals surface area (Å²) in [5.74, 6) is 1.45. The highest BCUT2D eigenvalue weighted by atomic mass is 16.5. The Balaban J connectivity index is 1.90. The van der Waals surface area contributed by atoms with Crippen molar-refractivity contribution in [2.45, 2.75) is 44.1 Å². The molecule has 2 nitrogen and oxygen atoms in total. The molecule has 2 atom stereocenters. The Kier molecular flexibility index (Phi) is 2.55. The second-order valence-electron chi connectivity index (χ2n) is 5.26. The number of fused-ring (bicyclic) bond motifs is 1. The molecule has 1 aliphatic carbocycles. The number of benzene rings is 1. The normalized spacial score (nSPS) is 30.6. The van der Waals surface area contributed by atoms with Gasteiger partial charge in [0, 0.05) is 18.8 Å². The van der Waals surface area contributed by atoms with E-state index in [0.717, 1.165) is 25.0 Å². The fourth-order valence-corrected chi connectivity index (χ4v) is 3.37. The second kappa shape index (κ2) is 4.07. The monoisotopic (exact) mass is 227 g/mol. The fraction of sp³-hybridized carbons (Fsp3) is 0.533. The van der Waals surface area contributed by atoms with Gasteiger partial charge in [-0.15, -0.1) is 0 Å². The number of para-hydroxylation sites is 1. The highest BCUT2D eigenvalue weighted by Gasteiger charge is 2.46. The van der Waals surface area contributed by atoms with Crippen molar-refractivity contribution in [1.29, 1.82) is 5.26 Å². The van der Waals surface area contributed by atoms with Crippen LogP contribution in [-0.4, -0.2) is 5.60 Å². The maximum Gasteiger partial charge on any atom is 0.123 e. The summed E-state index contributed by atoms with van der Waals surface area (Å²) in [5, 5.41) is 8.97. The number of nitriles is 1. The number of hydrogen-bond donors (Lipinski definition) is 0. The van der Waals surface area contributed by atoms with Crippen molar-refractivity contribution in [1.82, 2.24) is 0 Å². The van der Waals surface area contributed by atoms with E-state index >= 15 is 0 Å². The van der Waals surface area contributed by atoms with Crippen molar-refractivity contribution in [2.75, 3.05) is 0 Å². The lowest BCUT2D eigenvalue weighted by Crippen LogP contribution is -2.44. The van der Waals surface area contributed by atoms with E-state index in [1.807, 2.05) is 6.07 Å². The topological polar surface area (TPSA) is 33.0 Å². The molecule has 0 radical (unpaired) electrons. The summed E-state index contributed by atoms with van der Waals surface area (Å²) >= 11 is 0. The summed E-state index contributed by atoms with van der Waals surface area (Å²) in [4.78, 5) is 0. The first kappa shape index (κ1) is 10.7. The zero-order valence-corrected chi connectivity index (χ0v) is 9.98. The van der Waals surface area contributed by atoms with E-state index in [0.29, 0.717) is 12.3 Å². The van der Waals surface area contributed by atoms with E-state index < -0.39 is 0 Å². The van der Waals surface area contributed by atoms with Gasteiger partial charge in [0.25, 0.3) is 0 Å². The summed E-state index contributed by atoms with van der Waals surface area (Å²) in [5.41, 5.74) is 1.25. The molecular formula is C15H17NO. The summed E-state index contributed by atoms with van der Waals surface area (Å²) < 4.78 is 6.25. The molecule has 1 aliphatic heterocycles. The third-order valence-electron chi connectivity index (χ3n) is 4.26. The van der Waals surface area contributed by atoms with E-state index in [2.05, 4.69) is 24.3 Å². The van der Waals surface area contributed by atoms with E-state index in [1.165, 1.54) is 18.4 Å². The molecule has 1 fully saturated rings. The summed E-state index contributed by atoms with van der Waals surface area (Å²) in [6.45, 7) is 0. The Morgan fingerprint density at radius 3 is 3.06 bits per heavy atom. The number of rotatable bonds is 1. The van der Waals surface area contributed by atoms with Crippen LogP contribution in [0.15, 0.2) is 24.3 Å². The molecule has 3 rings (SSSR count). The van der Waals surface area contributed by atoms with Crippen molar-refractivity contribution in [3.8, 4) is 11.8 Å². The van der Waals surface area contributed by atoms with Crippen LogP contribution >= 0.6 is 0 Å². The van der Waals surface area contributed by atoms with Gasteiger partial charge in [-0.2, -0.15) is 5.26 Å². The van der Waals surface area contributed by atoms with Gasteiger partial charge in [-0.05, 0) is 30.9 Å². The molecular weight excluding hydrogens is 210 g/mol. The Morgan fingerprint density at radius 1 is 1.35 bits per heavy atom.